The van der Waals surface area contributed by atoms with Crippen LogP contribution in [0.3, 0.4) is 0 Å². The smallest absolute Gasteiger partial charge is 0.296 e. The molecular weight excluding hydrogens is 434 g/mol. The molecule has 7 nitrogen and oxygen atoms in total. The van der Waals surface area contributed by atoms with Crippen LogP contribution in [0.5, 0.6) is 11.5 Å². The predicted molar refractivity (Wildman–Crippen MR) is 126 cm³/mol. The SMILES string of the molecule is COc1ccc(CN2C(=O)C(=O)/C(=C(\O)c3ccc(OCC(C)C)cc3)C2c2ccco2)cc1. The Kier molecular flexibility index (Phi) is 6.72. The number of ketones is 1. The van der Waals surface area contributed by atoms with Crippen molar-refractivity contribution < 1.29 is 28.6 Å². The highest BCUT2D eigenvalue weighted by atomic mass is 16.5. The quantitative estimate of drug-likeness (QED) is 0.290. The summed E-state index contributed by atoms with van der Waals surface area (Å²) >= 11 is 0. The summed E-state index contributed by atoms with van der Waals surface area (Å²) in [6.07, 6.45) is 1.48. The number of carbonyl (C=O) groups excluding carboxylic acids is 2. The van der Waals surface area contributed by atoms with Crippen molar-refractivity contribution in [2.75, 3.05) is 13.7 Å². The van der Waals surface area contributed by atoms with Crippen LogP contribution in [-0.2, 0) is 16.1 Å². The van der Waals surface area contributed by atoms with Gasteiger partial charge in [-0.3, -0.25) is 9.59 Å². The van der Waals surface area contributed by atoms with Crippen LogP contribution < -0.4 is 9.47 Å². The first-order valence-corrected chi connectivity index (χ1v) is 11.1. The number of aliphatic hydroxyl groups is 1. The van der Waals surface area contributed by atoms with Gasteiger partial charge in [0, 0.05) is 12.1 Å². The van der Waals surface area contributed by atoms with E-state index in [1.165, 1.54) is 11.2 Å². The maximum Gasteiger partial charge on any atom is 0.296 e. The predicted octanol–water partition coefficient (Wildman–Crippen LogP) is 4.94. The van der Waals surface area contributed by atoms with E-state index in [1.807, 2.05) is 12.1 Å². The topological polar surface area (TPSA) is 89.2 Å². The number of ether oxygens (including phenoxy) is 2. The number of carbonyl (C=O) groups is 2. The lowest BCUT2D eigenvalue weighted by Crippen LogP contribution is -2.29. The lowest BCUT2D eigenvalue weighted by Gasteiger charge is -2.23. The minimum absolute atomic E-state index is 0.00990. The Bertz CT molecular complexity index is 1180. The molecule has 2 aromatic carbocycles. The van der Waals surface area contributed by atoms with Crippen molar-refractivity contribution >= 4 is 17.4 Å². The molecule has 1 atom stereocenters. The summed E-state index contributed by atoms with van der Waals surface area (Å²) in [6.45, 7) is 4.85. The third kappa shape index (κ3) is 4.69. The van der Waals surface area contributed by atoms with Gasteiger partial charge in [-0.2, -0.15) is 0 Å². The van der Waals surface area contributed by atoms with Gasteiger partial charge in [0.2, 0.25) is 0 Å². The summed E-state index contributed by atoms with van der Waals surface area (Å²) in [7, 11) is 1.58. The average Bonchev–Trinajstić information content (AvgIpc) is 3.46. The zero-order valence-corrected chi connectivity index (χ0v) is 19.4. The largest absolute Gasteiger partial charge is 0.507 e. The van der Waals surface area contributed by atoms with Crippen LogP contribution in [0.2, 0.25) is 0 Å². The Morgan fingerprint density at radius 3 is 2.29 bits per heavy atom. The third-order valence-electron chi connectivity index (χ3n) is 5.58. The van der Waals surface area contributed by atoms with Crippen molar-refractivity contribution in [1.82, 2.24) is 4.90 Å². The second-order valence-electron chi connectivity index (χ2n) is 8.52. The first kappa shape index (κ1) is 23.2. The van der Waals surface area contributed by atoms with Gasteiger partial charge in [0.05, 0.1) is 25.6 Å². The molecular formula is C27H27NO6. The van der Waals surface area contributed by atoms with Crippen LogP contribution in [0.15, 0.2) is 76.9 Å². The fourth-order valence-electron chi connectivity index (χ4n) is 3.84. The Morgan fingerprint density at radius 2 is 1.71 bits per heavy atom. The highest BCUT2D eigenvalue weighted by Gasteiger charge is 2.47. The summed E-state index contributed by atoms with van der Waals surface area (Å²) < 4.78 is 16.5. The molecule has 0 aliphatic carbocycles. The maximum absolute atomic E-state index is 13.1. The van der Waals surface area contributed by atoms with Gasteiger partial charge < -0.3 is 23.9 Å². The minimum Gasteiger partial charge on any atom is -0.507 e. The van der Waals surface area contributed by atoms with E-state index in [0.717, 1.165) is 5.56 Å². The number of likely N-dealkylation sites (tertiary alicyclic amines) is 1. The van der Waals surface area contributed by atoms with Gasteiger partial charge in [-0.25, -0.2) is 0 Å². The highest BCUT2D eigenvalue weighted by Crippen LogP contribution is 2.40. The Balaban J connectivity index is 1.69. The van der Waals surface area contributed by atoms with Crippen molar-refractivity contribution in [1.29, 1.82) is 0 Å². The first-order chi connectivity index (χ1) is 16.4. The fourth-order valence-corrected chi connectivity index (χ4v) is 3.84. The summed E-state index contributed by atoms with van der Waals surface area (Å²) in [4.78, 5) is 27.5. The van der Waals surface area contributed by atoms with Gasteiger partial charge in [0.15, 0.2) is 0 Å². The molecule has 3 aromatic rings. The van der Waals surface area contributed by atoms with E-state index in [-0.39, 0.29) is 17.9 Å². The molecule has 1 fully saturated rings. The number of benzene rings is 2. The summed E-state index contributed by atoms with van der Waals surface area (Å²) in [6, 6.07) is 16.5. The standard InChI is InChI=1S/C27H27NO6/c1-17(2)16-34-21-12-8-19(9-13-21)25(29)23-24(22-5-4-14-33-22)28(27(31)26(23)30)15-18-6-10-20(32-3)11-7-18/h4-14,17,24,29H,15-16H2,1-3H3/b25-23-. The van der Waals surface area contributed by atoms with E-state index in [0.29, 0.717) is 35.3 Å². The fraction of sp³-hybridized carbons (Fsp3) is 0.259. The van der Waals surface area contributed by atoms with E-state index in [4.69, 9.17) is 13.9 Å². The van der Waals surface area contributed by atoms with E-state index in [1.54, 1.807) is 55.6 Å². The van der Waals surface area contributed by atoms with Crippen LogP contribution in [0.25, 0.3) is 5.76 Å². The molecule has 1 aromatic heterocycles. The monoisotopic (exact) mass is 461 g/mol. The maximum atomic E-state index is 13.1. The van der Waals surface area contributed by atoms with Gasteiger partial charge in [0.1, 0.15) is 29.1 Å². The molecule has 2 heterocycles. The van der Waals surface area contributed by atoms with E-state index >= 15 is 0 Å². The average molecular weight is 462 g/mol. The molecule has 0 saturated carbocycles. The Hall–Kier alpha value is -4.00. The summed E-state index contributed by atoms with van der Waals surface area (Å²) in [5, 5.41) is 11.1. The highest BCUT2D eigenvalue weighted by molar-refractivity contribution is 6.46. The lowest BCUT2D eigenvalue weighted by atomic mass is 9.99. The molecule has 1 N–H and O–H groups in total. The molecule has 1 aliphatic rings. The molecule has 1 unspecified atom stereocenters. The zero-order chi connectivity index (χ0) is 24.2. The molecule has 7 heteroatoms. The van der Waals surface area contributed by atoms with Crippen LogP contribution >= 0.6 is 0 Å². The number of rotatable bonds is 8. The summed E-state index contributed by atoms with van der Waals surface area (Å²) in [5.74, 6) is 0.409. The van der Waals surface area contributed by atoms with Gasteiger partial charge in [-0.15, -0.1) is 0 Å². The number of furan rings is 1. The molecule has 1 amide bonds. The molecule has 0 bridgehead atoms. The van der Waals surface area contributed by atoms with Crippen molar-refractivity contribution in [3.05, 3.63) is 89.4 Å². The molecule has 34 heavy (non-hydrogen) atoms. The molecule has 1 aliphatic heterocycles. The third-order valence-corrected chi connectivity index (χ3v) is 5.58. The second kappa shape index (κ2) is 9.87. The minimum atomic E-state index is -0.853. The lowest BCUT2D eigenvalue weighted by molar-refractivity contribution is -0.140. The van der Waals surface area contributed by atoms with Crippen molar-refractivity contribution in [3.63, 3.8) is 0 Å². The number of Topliss-reactive ketones (excluding diaryl/α,β-unsaturated/α-hetero) is 1. The number of aliphatic hydroxyl groups excluding tert-OH is 1. The van der Waals surface area contributed by atoms with Crippen LogP contribution in [0.1, 0.15) is 36.8 Å². The number of hydrogen-bond donors (Lipinski definition) is 1. The first-order valence-electron chi connectivity index (χ1n) is 11.1. The number of nitrogens with zero attached hydrogens (tertiary/aromatic N) is 1. The van der Waals surface area contributed by atoms with Crippen molar-refractivity contribution in [2.45, 2.75) is 26.4 Å². The number of methoxy groups -OCH3 is 1. The Morgan fingerprint density at radius 1 is 1.03 bits per heavy atom. The van der Waals surface area contributed by atoms with Crippen LogP contribution in [0.4, 0.5) is 0 Å². The molecule has 0 radical (unpaired) electrons. The molecule has 176 valence electrons. The zero-order valence-electron chi connectivity index (χ0n) is 19.4. The summed E-state index contributed by atoms with van der Waals surface area (Å²) in [5.41, 5.74) is 1.21. The van der Waals surface area contributed by atoms with Crippen molar-refractivity contribution in [2.24, 2.45) is 5.92 Å². The second-order valence-corrected chi connectivity index (χ2v) is 8.52. The number of amides is 1. The van der Waals surface area contributed by atoms with Crippen LogP contribution in [0, 0.1) is 5.92 Å². The van der Waals surface area contributed by atoms with Crippen molar-refractivity contribution in [3.8, 4) is 11.5 Å². The molecule has 0 spiro atoms. The van der Waals surface area contributed by atoms with E-state index in [2.05, 4.69) is 13.8 Å². The van der Waals surface area contributed by atoms with Gasteiger partial charge >= 0.3 is 0 Å². The molecule has 4 rings (SSSR count). The molecule has 1 saturated heterocycles. The van der Waals surface area contributed by atoms with Crippen LogP contribution in [-0.4, -0.2) is 35.4 Å². The number of hydrogen-bond acceptors (Lipinski definition) is 6. The van der Waals surface area contributed by atoms with Gasteiger partial charge in [-0.1, -0.05) is 26.0 Å². The van der Waals surface area contributed by atoms with Gasteiger partial charge in [-0.05, 0) is 60.0 Å². The Labute approximate surface area is 198 Å². The normalized spacial score (nSPS) is 17.4. The van der Waals surface area contributed by atoms with E-state index in [9.17, 15) is 14.7 Å². The van der Waals surface area contributed by atoms with Gasteiger partial charge in [0.25, 0.3) is 11.7 Å². The van der Waals surface area contributed by atoms with E-state index < -0.39 is 17.7 Å².